The number of methoxy groups -OCH3 is 1. The maximum absolute atomic E-state index is 12.9. The standard InChI is InChI=1S/C20H20ClN3O2/c1-20(26-2,16-9-4-3-5-10-16)18(25)23-19-22-12-13-24(19)14-15-8-6-7-11-17(15)21/h3-13H,14H2,1-2H3,(H,22,23,25)/t20-/m1/s1. The zero-order valence-electron chi connectivity index (χ0n) is 14.6. The van der Waals surface area contributed by atoms with E-state index < -0.39 is 5.60 Å². The number of carbonyl (C=O) groups is 1. The van der Waals surface area contributed by atoms with Crippen LogP contribution in [0.15, 0.2) is 67.0 Å². The summed E-state index contributed by atoms with van der Waals surface area (Å²) in [6.07, 6.45) is 3.44. The molecule has 0 unspecified atom stereocenters. The van der Waals surface area contributed by atoms with Crippen molar-refractivity contribution in [2.75, 3.05) is 12.4 Å². The first-order valence-electron chi connectivity index (χ1n) is 8.21. The molecule has 1 amide bonds. The number of anilines is 1. The van der Waals surface area contributed by atoms with Gasteiger partial charge in [0.05, 0.1) is 6.54 Å². The van der Waals surface area contributed by atoms with E-state index >= 15 is 0 Å². The molecule has 0 aliphatic rings. The second-order valence-corrected chi connectivity index (χ2v) is 6.43. The zero-order valence-corrected chi connectivity index (χ0v) is 15.4. The minimum atomic E-state index is -1.12. The predicted octanol–water partition coefficient (Wildman–Crippen LogP) is 4.09. The van der Waals surface area contributed by atoms with Gasteiger partial charge in [0, 0.05) is 24.5 Å². The van der Waals surface area contributed by atoms with Crippen LogP contribution in [0, 0.1) is 0 Å². The van der Waals surface area contributed by atoms with Crippen molar-refractivity contribution in [3.63, 3.8) is 0 Å². The molecule has 3 rings (SSSR count). The number of halogens is 1. The number of aromatic nitrogens is 2. The molecule has 0 saturated heterocycles. The lowest BCUT2D eigenvalue weighted by atomic mass is 9.95. The van der Waals surface area contributed by atoms with Crippen LogP contribution in [0.3, 0.4) is 0 Å². The van der Waals surface area contributed by atoms with Gasteiger partial charge in [0.1, 0.15) is 0 Å². The van der Waals surface area contributed by atoms with Crippen molar-refractivity contribution >= 4 is 23.5 Å². The summed E-state index contributed by atoms with van der Waals surface area (Å²) in [6.45, 7) is 2.24. The molecule has 0 bridgehead atoms. The van der Waals surface area contributed by atoms with Crippen molar-refractivity contribution in [3.05, 3.63) is 83.1 Å². The summed E-state index contributed by atoms with van der Waals surface area (Å²) in [5.41, 5.74) is 0.590. The fourth-order valence-corrected chi connectivity index (χ4v) is 2.89. The molecule has 1 N–H and O–H groups in total. The van der Waals surface area contributed by atoms with E-state index in [1.54, 1.807) is 19.3 Å². The molecule has 0 aliphatic heterocycles. The van der Waals surface area contributed by atoms with Crippen LogP contribution >= 0.6 is 11.6 Å². The van der Waals surface area contributed by atoms with Crippen LogP contribution in [0.2, 0.25) is 5.02 Å². The number of nitrogens with one attached hydrogen (secondary N) is 1. The summed E-state index contributed by atoms with van der Waals surface area (Å²) >= 11 is 6.23. The van der Waals surface area contributed by atoms with Crippen LogP contribution < -0.4 is 5.32 Å². The molecule has 0 aliphatic carbocycles. The van der Waals surface area contributed by atoms with Crippen LogP contribution in [0.25, 0.3) is 0 Å². The summed E-state index contributed by atoms with van der Waals surface area (Å²) in [7, 11) is 1.52. The number of hydrogen-bond donors (Lipinski definition) is 1. The Morgan fingerprint density at radius 3 is 2.58 bits per heavy atom. The first kappa shape index (κ1) is 18.2. The van der Waals surface area contributed by atoms with Crippen LogP contribution in [0.5, 0.6) is 0 Å². The second kappa shape index (κ2) is 7.72. The first-order valence-corrected chi connectivity index (χ1v) is 8.59. The van der Waals surface area contributed by atoms with E-state index in [0.717, 1.165) is 11.1 Å². The number of nitrogens with zero attached hydrogens (tertiary/aromatic N) is 2. The Labute approximate surface area is 157 Å². The average molecular weight is 370 g/mol. The van der Waals surface area contributed by atoms with Gasteiger partial charge in [0.15, 0.2) is 5.60 Å². The molecule has 1 aromatic heterocycles. The van der Waals surface area contributed by atoms with Gasteiger partial charge in [0.2, 0.25) is 5.95 Å². The topological polar surface area (TPSA) is 56.1 Å². The van der Waals surface area contributed by atoms with E-state index in [4.69, 9.17) is 16.3 Å². The summed E-state index contributed by atoms with van der Waals surface area (Å²) in [5, 5.41) is 3.54. The Balaban J connectivity index is 1.82. The van der Waals surface area contributed by atoms with Gasteiger partial charge in [-0.25, -0.2) is 4.98 Å². The van der Waals surface area contributed by atoms with Crippen LogP contribution in [0.1, 0.15) is 18.1 Å². The van der Waals surface area contributed by atoms with Gasteiger partial charge in [-0.3, -0.25) is 10.1 Å². The lowest BCUT2D eigenvalue weighted by Gasteiger charge is -2.27. The highest BCUT2D eigenvalue weighted by molar-refractivity contribution is 6.31. The lowest BCUT2D eigenvalue weighted by Crippen LogP contribution is -2.40. The van der Waals surface area contributed by atoms with Crippen LogP contribution in [0.4, 0.5) is 5.95 Å². The minimum absolute atomic E-state index is 0.294. The summed E-state index contributed by atoms with van der Waals surface area (Å²) in [6, 6.07) is 16.9. The van der Waals surface area contributed by atoms with E-state index in [1.807, 2.05) is 59.2 Å². The molecular weight excluding hydrogens is 350 g/mol. The smallest absolute Gasteiger partial charge is 0.263 e. The van der Waals surface area contributed by atoms with Gasteiger partial charge in [-0.1, -0.05) is 60.1 Å². The Morgan fingerprint density at radius 2 is 1.88 bits per heavy atom. The number of benzene rings is 2. The number of ether oxygens (including phenoxy) is 1. The Bertz CT molecular complexity index is 895. The molecule has 6 heteroatoms. The van der Waals surface area contributed by atoms with E-state index in [0.29, 0.717) is 17.5 Å². The highest BCUT2D eigenvalue weighted by atomic mass is 35.5. The van der Waals surface area contributed by atoms with Gasteiger partial charge in [0.25, 0.3) is 5.91 Å². The Morgan fingerprint density at radius 1 is 1.19 bits per heavy atom. The van der Waals surface area contributed by atoms with Gasteiger partial charge in [-0.15, -0.1) is 0 Å². The van der Waals surface area contributed by atoms with Gasteiger partial charge in [-0.05, 0) is 24.1 Å². The van der Waals surface area contributed by atoms with E-state index in [1.165, 1.54) is 7.11 Å². The van der Waals surface area contributed by atoms with Crippen molar-refractivity contribution < 1.29 is 9.53 Å². The molecule has 134 valence electrons. The normalized spacial score (nSPS) is 13.2. The highest BCUT2D eigenvalue weighted by Gasteiger charge is 2.35. The molecule has 0 saturated carbocycles. The third-order valence-corrected chi connectivity index (χ3v) is 4.77. The molecule has 5 nitrogen and oxygen atoms in total. The lowest BCUT2D eigenvalue weighted by molar-refractivity contribution is -0.136. The van der Waals surface area contributed by atoms with Crippen molar-refractivity contribution in [1.29, 1.82) is 0 Å². The van der Waals surface area contributed by atoms with Gasteiger partial charge < -0.3 is 9.30 Å². The monoisotopic (exact) mass is 369 g/mol. The molecule has 26 heavy (non-hydrogen) atoms. The number of rotatable bonds is 6. The average Bonchev–Trinajstić information content (AvgIpc) is 3.10. The quantitative estimate of drug-likeness (QED) is 0.712. The number of carbonyl (C=O) groups excluding carboxylic acids is 1. The summed E-state index contributed by atoms with van der Waals surface area (Å²) in [4.78, 5) is 17.2. The highest BCUT2D eigenvalue weighted by Crippen LogP contribution is 2.26. The number of hydrogen-bond acceptors (Lipinski definition) is 3. The van der Waals surface area contributed by atoms with Gasteiger partial charge in [-0.2, -0.15) is 0 Å². The van der Waals surface area contributed by atoms with Crippen LogP contribution in [-0.4, -0.2) is 22.6 Å². The molecule has 1 heterocycles. The number of imidazole rings is 1. The van der Waals surface area contributed by atoms with Crippen molar-refractivity contribution in [1.82, 2.24) is 9.55 Å². The maximum Gasteiger partial charge on any atom is 0.263 e. The second-order valence-electron chi connectivity index (χ2n) is 6.03. The largest absolute Gasteiger partial charge is 0.364 e. The Kier molecular flexibility index (Phi) is 5.40. The zero-order chi connectivity index (χ0) is 18.6. The predicted molar refractivity (Wildman–Crippen MR) is 102 cm³/mol. The molecule has 0 fully saturated rings. The SMILES string of the molecule is CO[C@@](C)(C(=O)Nc1nccn1Cc1ccccc1Cl)c1ccccc1. The van der Waals surface area contributed by atoms with E-state index in [-0.39, 0.29) is 5.91 Å². The summed E-state index contributed by atoms with van der Waals surface area (Å²) < 4.78 is 7.38. The third-order valence-electron chi connectivity index (χ3n) is 4.41. The van der Waals surface area contributed by atoms with E-state index in [9.17, 15) is 4.79 Å². The molecule has 3 aromatic rings. The molecule has 0 spiro atoms. The molecule has 0 radical (unpaired) electrons. The summed E-state index contributed by atoms with van der Waals surface area (Å²) in [5.74, 6) is 0.145. The molecular formula is C20H20ClN3O2. The Hall–Kier alpha value is -2.63. The van der Waals surface area contributed by atoms with Crippen molar-refractivity contribution in [2.24, 2.45) is 0 Å². The fraction of sp³-hybridized carbons (Fsp3) is 0.200. The molecule has 2 aromatic carbocycles. The number of amides is 1. The van der Waals surface area contributed by atoms with Crippen molar-refractivity contribution in [3.8, 4) is 0 Å². The first-order chi connectivity index (χ1) is 12.5. The van der Waals surface area contributed by atoms with Crippen LogP contribution in [-0.2, 0) is 21.7 Å². The van der Waals surface area contributed by atoms with E-state index in [2.05, 4.69) is 10.3 Å². The fourth-order valence-electron chi connectivity index (χ4n) is 2.69. The maximum atomic E-state index is 12.9. The molecule has 1 atom stereocenters. The van der Waals surface area contributed by atoms with Gasteiger partial charge >= 0.3 is 0 Å². The minimum Gasteiger partial charge on any atom is -0.364 e. The van der Waals surface area contributed by atoms with Crippen molar-refractivity contribution in [2.45, 2.75) is 19.1 Å². The third kappa shape index (κ3) is 3.64.